The summed E-state index contributed by atoms with van der Waals surface area (Å²) in [5.41, 5.74) is 0.340. The Bertz CT molecular complexity index is 761. The summed E-state index contributed by atoms with van der Waals surface area (Å²) in [5.74, 6) is -2.74. The summed E-state index contributed by atoms with van der Waals surface area (Å²) in [6.07, 6.45) is 0. The molecule has 2 aromatic carbocycles. The molecular formula is C15H9NO5. The first-order valence-corrected chi connectivity index (χ1v) is 6.05. The van der Waals surface area contributed by atoms with E-state index in [2.05, 4.69) is 0 Å². The number of anilines is 1. The van der Waals surface area contributed by atoms with Crippen molar-refractivity contribution >= 4 is 23.5 Å². The Labute approximate surface area is 118 Å². The number of benzene rings is 2. The summed E-state index contributed by atoms with van der Waals surface area (Å²) in [7, 11) is 0. The highest BCUT2D eigenvalue weighted by molar-refractivity contribution is 6.34. The molecule has 104 valence electrons. The minimum absolute atomic E-state index is 0.0359. The van der Waals surface area contributed by atoms with Crippen LogP contribution < -0.4 is 4.90 Å². The highest BCUT2D eigenvalue weighted by atomic mass is 16.4. The Kier molecular flexibility index (Phi) is 2.72. The van der Waals surface area contributed by atoms with Crippen molar-refractivity contribution in [3.05, 3.63) is 59.2 Å². The number of phenolic OH excluding ortho intramolecular Hbond substituents is 1. The molecule has 0 aliphatic carbocycles. The lowest BCUT2D eigenvalue weighted by molar-refractivity contribution is 0.0696. The third-order valence-electron chi connectivity index (χ3n) is 3.26. The van der Waals surface area contributed by atoms with E-state index in [9.17, 15) is 19.5 Å². The maximum atomic E-state index is 12.3. The predicted molar refractivity (Wildman–Crippen MR) is 72.6 cm³/mol. The second kappa shape index (κ2) is 4.45. The maximum Gasteiger partial charge on any atom is 0.335 e. The number of rotatable bonds is 2. The molecular weight excluding hydrogens is 274 g/mol. The zero-order chi connectivity index (χ0) is 15.1. The highest BCUT2D eigenvalue weighted by Gasteiger charge is 2.37. The molecule has 0 bridgehead atoms. The van der Waals surface area contributed by atoms with Gasteiger partial charge in [-0.2, -0.15) is 0 Å². The molecule has 0 saturated heterocycles. The first-order valence-electron chi connectivity index (χ1n) is 6.05. The van der Waals surface area contributed by atoms with Gasteiger partial charge in [-0.15, -0.1) is 0 Å². The lowest BCUT2D eigenvalue weighted by atomic mass is 10.1. The van der Waals surface area contributed by atoms with Crippen LogP contribution in [0.1, 0.15) is 31.1 Å². The van der Waals surface area contributed by atoms with Crippen LogP contribution in [0.2, 0.25) is 0 Å². The van der Waals surface area contributed by atoms with Crippen LogP contribution in [0.25, 0.3) is 0 Å². The lowest BCUT2D eigenvalue weighted by Gasteiger charge is -2.15. The molecule has 21 heavy (non-hydrogen) atoms. The number of carbonyl (C=O) groups is 3. The third kappa shape index (κ3) is 1.85. The second-order valence-electron chi connectivity index (χ2n) is 4.50. The molecule has 0 aromatic heterocycles. The molecule has 2 aromatic rings. The van der Waals surface area contributed by atoms with Gasteiger partial charge in [-0.05, 0) is 30.3 Å². The number of hydrogen-bond donors (Lipinski definition) is 2. The molecule has 6 nitrogen and oxygen atoms in total. The van der Waals surface area contributed by atoms with Gasteiger partial charge in [0.25, 0.3) is 11.8 Å². The largest absolute Gasteiger partial charge is 0.506 e. The van der Waals surface area contributed by atoms with Crippen LogP contribution in [0.15, 0.2) is 42.5 Å². The normalized spacial score (nSPS) is 13.4. The average molecular weight is 283 g/mol. The van der Waals surface area contributed by atoms with Crippen LogP contribution in [0.5, 0.6) is 5.75 Å². The molecule has 0 atom stereocenters. The van der Waals surface area contributed by atoms with Gasteiger partial charge >= 0.3 is 5.97 Å². The Morgan fingerprint density at radius 1 is 0.952 bits per heavy atom. The molecule has 0 unspecified atom stereocenters. The van der Waals surface area contributed by atoms with E-state index in [1.807, 2.05) is 0 Å². The van der Waals surface area contributed by atoms with Gasteiger partial charge in [0.2, 0.25) is 0 Å². The summed E-state index contributed by atoms with van der Waals surface area (Å²) in [4.78, 5) is 36.2. The number of carboxylic acid groups (broad SMARTS) is 1. The van der Waals surface area contributed by atoms with Gasteiger partial charge in [0.05, 0.1) is 22.4 Å². The monoisotopic (exact) mass is 283 g/mol. The van der Waals surface area contributed by atoms with Gasteiger partial charge in [-0.25, -0.2) is 9.69 Å². The van der Waals surface area contributed by atoms with Crippen LogP contribution in [-0.4, -0.2) is 28.0 Å². The smallest absolute Gasteiger partial charge is 0.335 e. The fraction of sp³-hybridized carbons (Fsp3) is 0. The van der Waals surface area contributed by atoms with E-state index in [1.165, 1.54) is 24.3 Å². The van der Waals surface area contributed by atoms with Crippen molar-refractivity contribution in [1.82, 2.24) is 0 Å². The van der Waals surface area contributed by atoms with Crippen molar-refractivity contribution in [1.29, 1.82) is 0 Å². The minimum atomic E-state index is -1.21. The number of aromatic carboxylic acids is 1. The zero-order valence-corrected chi connectivity index (χ0v) is 10.6. The van der Waals surface area contributed by atoms with Crippen molar-refractivity contribution < 1.29 is 24.6 Å². The number of amides is 2. The van der Waals surface area contributed by atoms with Crippen LogP contribution in [0.3, 0.4) is 0 Å². The van der Waals surface area contributed by atoms with E-state index < -0.39 is 23.5 Å². The van der Waals surface area contributed by atoms with Gasteiger partial charge in [-0.1, -0.05) is 12.1 Å². The number of hydrogen-bond acceptors (Lipinski definition) is 4. The first-order chi connectivity index (χ1) is 10.0. The third-order valence-corrected chi connectivity index (χ3v) is 3.26. The highest BCUT2D eigenvalue weighted by Crippen LogP contribution is 2.34. The number of fused-ring (bicyclic) bond motifs is 1. The van der Waals surface area contributed by atoms with Crippen LogP contribution >= 0.6 is 0 Å². The summed E-state index contributed by atoms with van der Waals surface area (Å²) in [5, 5.41) is 18.8. The molecule has 0 fully saturated rings. The standard InChI is InChI=1S/C15H9NO5/c17-12-7-8(15(20)21)5-6-11(12)16-13(18)9-3-1-2-4-10(9)14(16)19/h1-7,17H,(H,20,21). The van der Waals surface area contributed by atoms with E-state index in [1.54, 1.807) is 12.1 Å². The van der Waals surface area contributed by atoms with Crippen molar-refractivity contribution in [3.63, 3.8) is 0 Å². The van der Waals surface area contributed by atoms with E-state index >= 15 is 0 Å². The molecule has 1 aliphatic heterocycles. The average Bonchev–Trinajstić information content (AvgIpc) is 2.72. The molecule has 2 N–H and O–H groups in total. The van der Waals surface area contributed by atoms with Crippen molar-refractivity contribution in [3.8, 4) is 5.75 Å². The van der Waals surface area contributed by atoms with E-state index in [4.69, 9.17) is 5.11 Å². The number of imide groups is 1. The minimum Gasteiger partial charge on any atom is -0.506 e. The number of carbonyl (C=O) groups excluding carboxylic acids is 2. The molecule has 3 rings (SSSR count). The van der Waals surface area contributed by atoms with Crippen molar-refractivity contribution in [2.24, 2.45) is 0 Å². The van der Waals surface area contributed by atoms with Crippen LogP contribution in [0.4, 0.5) is 5.69 Å². The molecule has 1 aliphatic rings. The molecule has 0 saturated carbocycles. The SMILES string of the molecule is O=C(O)c1ccc(N2C(=O)c3ccccc3C2=O)c(O)c1. The van der Waals surface area contributed by atoms with Gasteiger partial charge in [0.15, 0.2) is 0 Å². The second-order valence-corrected chi connectivity index (χ2v) is 4.50. The summed E-state index contributed by atoms with van der Waals surface area (Å²) in [6, 6.07) is 9.79. The zero-order valence-electron chi connectivity index (χ0n) is 10.6. The Balaban J connectivity index is 2.09. The lowest BCUT2D eigenvalue weighted by Crippen LogP contribution is -2.29. The van der Waals surface area contributed by atoms with E-state index in [-0.39, 0.29) is 22.4 Å². The molecule has 6 heteroatoms. The van der Waals surface area contributed by atoms with Gasteiger partial charge < -0.3 is 10.2 Å². The van der Waals surface area contributed by atoms with Crippen molar-refractivity contribution in [2.75, 3.05) is 4.90 Å². The molecule has 2 amide bonds. The number of nitrogens with zero attached hydrogens (tertiary/aromatic N) is 1. The first kappa shape index (κ1) is 12.9. The maximum absolute atomic E-state index is 12.3. The Hall–Kier alpha value is -3.15. The fourth-order valence-electron chi connectivity index (χ4n) is 2.25. The molecule has 1 heterocycles. The number of carboxylic acids is 1. The topological polar surface area (TPSA) is 94.9 Å². The van der Waals surface area contributed by atoms with Gasteiger partial charge in [0.1, 0.15) is 5.75 Å². The van der Waals surface area contributed by atoms with Crippen LogP contribution in [-0.2, 0) is 0 Å². The Morgan fingerprint density at radius 2 is 1.52 bits per heavy atom. The van der Waals surface area contributed by atoms with E-state index in [0.29, 0.717) is 0 Å². The Morgan fingerprint density at radius 3 is 2.00 bits per heavy atom. The summed E-state index contributed by atoms with van der Waals surface area (Å²) in [6.45, 7) is 0. The molecule has 0 radical (unpaired) electrons. The fourth-order valence-corrected chi connectivity index (χ4v) is 2.25. The van der Waals surface area contributed by atoms with E-state index in [0.717, 1.165) is 11.0 Å². The number of aromatic hydroxyl groups is 1. The van der Waals surface area contributed by atoms with Gasteiger partial charge in [0, 0.05) is 0 Å². The number of phenols is 1. The predicted octanol–water partition coefficient (Wildman–Crippen LogP) is 1.89. The summed E-state index contributed by atoms with van der Waals surface area (Å²) >= 11 is 0. The summed E-state index contributed by atoms with van der Waals surface area (Å²) < 4.78 is 0. The van der Waals surface area contributed by atoms with Gasteiger partial charge in [-0.3, -0.25) is 9.59 Å². The van der Waals surface area contributed by atoms with Crippen molar-refractivity contribution in [2.45, 2.75) is 0 Å². The quantitative estimate of drug-likeness (QED) is 0.821. The van der Waals surface area contributed by atoms with Crippen LogP contribution in [0, 0.1) is 0 Å². The molecule has 0 spiro atoms.